The van der Waals surface area contributed by atoms with Crippen molar-refractivity contribution < 1.29 is 19.4 Å². The molecule has 4 nitrogen and oxygen atoms in total. The summed E-state index contributed by atoms with van der Waals surface area (Å²) >= 11 is 1.28. The SMILES string of the molecule is COc1ccc(C(=O)c2cccs2)c(C(=O)O)c1. The fourth-order valence-corrected chi connectivity index (χ4v) is 2.24. The summed E-state index contributed by atoms with van der Waals surface area (Å²) in [5, 5.41) is 10.9. The van der Waals surface area contributed by atoms with E-state index in [2.05, 4.69) is 0 Å². The smallest absolute Gasteiger partial charge is 0.336 e. The molecule has 1 aromatic carbocycles. The van der Waals surface area contributed by atoms with Crippen LogP contribution in [0.15, 0.2) is 35.7 Å². The molecule has 0 aliphatic rings. The molecule has 0 saturated heterocycles. The molecule has 0 aliphatic heterocycles. The van der Waals surface area contributed by atoms with E-state index in [0.29, 0.717) is 10.6 Å². The molecule has 0 amide bonds. The van der Waals surface area contributed by atoms with Gasteiger partial charge in [-0.3, -0.25) is 4.79 Å². The molecule has 0 aliphatic carbocycles. The molecule has 1 heterocycles. The lowest BCUT2D eigenvalue weighted by Gasteiger charge is -2.06. The minimum Gasteiger partial charge on any atom is -0.497 e. The van der Waals surface area contributed by atoms with E-state index in [0.717, 1.165) is 0 Å². The molecule has 1 N–H and O–H groups in total. The zero-order valence-electron chi connectivity index (χ0n) is 9.54. The second-order valence-electron chi connectivity index (χ2n) is 3.52. The molecule has 2 rings (SSSR count). The van der Waals surface area contributed by atoms with Crippen LogP contribution < -0.4 is 4.74 Å². The van der Waals surface area contributed by atoms with Crippen LogP contribution in [0.4, 0.5) is 0 Å². The van der Waals surface area contributed by atoms with Crippen LogP contribution in [0.3, 0.4) is 0 Å². The van der Waals surface area contributed by atoms with Gasteiger partial charge in [-0.15, -0.1) is 11.3 Å². The van der Waals surface area contributed by atoms with E-state index >= 15 is 0 Å². The number of carbonyl (C=O) groups excluding carboxylic acids is 1. The molecule has 5 heteroatoms. The molecule has 92 valence electrons. The topological polar surface area (TPSA) is 63.6 Å². The fraction of sp³-hybridized carbons (Fsp3) is 0.0769. The number of ether oxygens (including phenoxy) is 1. The molecule has 0 radical (unpaired) electrons. The minimum atomic E-state index is -1.14. The van der Waals surface area contributed by atoms with Crippen molar-refractivity contribution in [3.8, 4) is 5.75 Å². The predicted molar refractivity (Wildman–Crippen MR) is 67.7 cm³/mol. The molecule has 0 unspecified atom stereocenters. The van der Waals surface area contributed by atoms with Gasteiger partial charge in [0, 0.05) is 5.56 Å². The second-order valence-corrected chi connectivity index (χ2v) is 4.47. The largest absolute Gasteiger partial charge is 0.497 e. The van der Waals surface area contributed by atoms with Crippen molar-refractivity contribution in [2.75, 3.05) is 7.11 Å². The maximum Gasteiger partial charge on any atom is 0.336 e. The second kappa shape index (κ2) is 5.01. The van der Waals surface area contributed by atoms with Crippen LogP contribution >= 0.6 is 11.3 Å². The van der Waals surface area contributed by atoms with Gasteiger partial charge in [-0.05, 0) is 29.6 Å². The summed E-state index contributed by atoms with van der Waals surface area (Å²) in [5.41, 5.74) is 0.124. The van der Waals surface area contributed by atoms with E-state index in [9.17, 15) is 9.59 Å². The number of carboxylic acid groups (broad SMARTS) is 1. The Morgan fingerprint density at radius 1 is 1.22 bits per heavy atom. The van der Waals surface area contributed by atoms with E-state index in [1.54, 1.807) is 23.6 Å². The molecule has 0 saturated carbocycles. The normalized spacial score (nSPS) is 10.1. The van der Waals surface area contributed by atoms with Gasteiger partial charge in [0.25, 0.3) is 0 Å². The Balaban J connectivity index is 2.50. The standard InChI is InChI=1S/C13H10O4S/c1-17-8-4-5-9(10(7-8)13(15)16)12(14)11-3-2-6-18-11/h2-7H,1H3,(H,15,16). The van der Waals surface area contributed by atoms with Crippen molar-refractivity contribution >= 4 is 23.1 Å². The highest BCUT2D eigenvalue weighted by atomic mass is 32.1. The maximum absolute atomic E-state index is 12.1. The lowest BCUT2D eigenvalue weighted by atomic mass is 10.0. The fourth-order valence-electron chi connectivity index (χ4n) is 1.57. The van der Waals surface area contributed by atoms with E-state index in [1.807, 2.05) is 0 Å². The summed E-state index contributed by atoms with van der Waals surface area (Å²) < 4.78 is 4.96. The summed E-state index contributed by atoms with van der Waals surface area (Å²) in [5.74, 6) is -1.02. The number of hydrogen-bond acceptors (Lipinski definition) is 4. The monoisotopic (exact) mass is 262 g/mol. The van der Waals surface area contributed by atoms with Gasteiger partial charge in [0.15, 0.2) is 0 Å². The van der Waals surface area contributed by atoms with Gasteiger partial charge in [0.05, 0.1) is 17.6 Å². The van der Waals surface area contributed by atoms with Crippen molar-refractivity contribution in [3.63, 3.8) is 0 Å². The maximum atomic E-state index is 12.1. The number of ketones is 1. The van der Waals surface area contributed by atoms with Crippen LogP contribution in [-0.4, -0.2) is 24.0 Å². The van der Waals surface area contributed by atoms with Gasteiger partial charge in [-0.1, -0.05) is 6.07 Å². The van der Waals surface area contributed by atoms with Crippen molar-refractivity contribution in [2.24, 2.45) is 0 Å². The summed E-state index contributed by atoms with van der Waals surface area (Å²) in [7, 11) is 1.45. The molecular weight excluding hydrogens is 252 g/mol. The Bertz CT molecular complexity index is 587. The molecule has 0 bridgehead atoms. The van der Waals surface area contributed by atoms with Crippen LogP contribution in [0.2, 0.25) is 0 Å². The van der Waals surface area contributed by atoms with Crippen LogP contribution in [0.5, 0.6) is 5.75 Å². The van der Waals surface area contributed by atoms with Gasteiger partial charge < -0.3 is 9.84 Å². The molecule has 0 spiro atoms. The number of rotatable bonds is 4. The molecule has 1 aromatic heterocycles. The Morgan fingerprint density at radius 2 is 2.00 bits per heavy atom. The van der Waals surface area contributed by atoms with Crippen LogP contribution in [0, 0.1) is 0 Å². The van der Waals surface area contributed by atoms with E-state index in [4.69, 9.17) is 9.84 Å². The predicted octanol–water partition coefficient (Wildman–Crippen LogP) is 2.69. The van der Waals surface area contributed by atoms with E-state index in [-0.39, 0.29) is 16.9 Å². The first-order valence-corrected chi connectivity index (χ1v) is 6.01. The Labute approximate surface area is 107 Å². The van der Waals surface area contributed by atoms with Crippen LogP contribution in [-0.2, 0) is 0 Å². The van der Waals surface area contributed by atoms with E-state index in [1.165, 1.54) is 30.6 Å². The average molecular weight is 262 g/mol. The van der Waals surface area contributed by atoms with Crippen LogP contribution in [0.25, 0.3) is 0 Å². The number of methoxy groups -OCH3 is 1. The highest BCUT2D eigenvalue weighted by Crippen LogP contribution is 2.22. The molecule has 2 aromatic rings. The number of hydrogen-bond donors (Lipinski definition) is 1. The van der Waals surface area contributed by atoms with Gasteiger partial charge in [0.1, 0.15) is 5.75 Å². The quantitative estimate of drug-likeness (QED) is 0.860. The molecule has 18 heavy (non-hydrogen) atoms. The first kappa shape index (κ1) is 12.3. The van der Waals surface area contributed by atoms with Crippen molar-refractivity contribution in [1.29, 1.82) is 0 Å². The number of carbonyl (C=O) groups is 2. The van der Waals surface area contributed by atoms with Gasteiger partial charge >= 0.3 is 5.97 Å². The summed E-state index contributed by atoms with van der Waals surface area (Å²) in [4.78, 5) is 23.8. The Hall–Kier alpha value is -2.14. The van der Waals surface area contributed by atoms with Crippen molar-refractivity contribution in [2.45, 2.75) is 0 Å². The van der Waals surface area contributed by atoms with Gasteiger partial charge in [-0.25, -0.2) is 4.79 Å². The van der Waals surface area contributed by atoms with Crippen molar-refractivity contribution in [3.05, 3.63) is 51.7 Å². The highest BCUT2D eigenvalue weighted by molar-refractivity contribution is 7.12. The molecule has 0 fully saturated rings. The third kappa shape index (κ3) is 2.26. The molecule has 0 atom stereocenters. The van der Waals surface area contributed by atoms with E-state index < -0.39 is 5.97 Å². The number of aromatic carboxylic acids is 1. The summed E-state index contributed by atoms with van der Waals surface area (Å²) in [6.45, 7) is 0. The number of benzene rings is 1. The van der Waals surface area contributed by atoms with Crippen LogP contribution in [0.1, 0.15) is 25.6 Å². The number of carboxylic acids is 1. The third-order valence-corrected chi connectivity index (χ3v) is 3.32. The number of thiophene rings is 1. The third-order valence-electron chi connectivity index (χ3n) is 2.45. The van der Waals surface area contributed by atoms with Gasteiger partial charge in [0.2, 0.25) is 5.78 Å². The Morgan fingerprint density at radius 3 is 2.56 bits per heavy atom. The first-order chi connectivity index (χ1) is 8.63. The zero-order valence-corrected chi connectivity index (χ0v) is 10.4. The van der Waals surface area contributed by atoms with Crippen molar-refractivity contribution in [1.82, 2.24) is 0 Å². The summed E-state index contributed by atoms with van der Waals surface area (Å²) in [6, 6.07) is 7.82. The lowest BCUT2D eigenvalue weighted by molar-refractivity contribution is 0.0692. The Kier molecular flexibility index (Phi) is 3.43. The minimum absolute atomic E-state index is 0.0484. The highest BCUT2D eigenvalue weighted by Gasteiger charge is 2.19. The first-order valence-electron chi connectivity index (χ1n) is 5.13. The zero-order chi connectivity index (χ0) is 13.1. The average Bonchev–Trinajstić information content (AvgIpc) is 2.91. The summed E-state index contributed by atoms with van der Waals surface area (Å²) in [6.07, 6.45) is 0. The lowest BCUT2D eigenvalue weighted by Crippen LogP contribution is -2.09. The van der Waals surface area contributed by atoms with Gasteiger partial charge in [-0.2, -0.15) is 0 Å². The molecular formula is C13H10O4S.